The Morgan fingerprint density at radius 1 is 1.08 bits per heavy atom. The molecule has 0 saturated carbocycles. The highest BCUT2D eigenvalue weighted by Gasteiger charge is 2.21. The number of nitrogens with zero attached hydrogens (tertiary/aromatic N) is 3. The first-order valence-electron chi connectivity index (χ1n) is 13.4. The minimum atomic E-state index is -0.184. The SMILES string of the molecule is CC(C)Nc1nc(CC[C@@H](CNC(=O)c2ccc(C(=O)N3CCCC3)cc2)c2nc3ccc(Cl)cc3[nH]2)cs1. The van der Waals surface area contributed by atoms with Gasteiger partial charge in [-0.15, -0.1) is 11.3 Å². The maximum absolute atomic E-state index is 13.0. The van der Waals surface area contributed by atoms with Crippen molar-refractivity contribution in [1.29, 1.82) is 0 Å². The van der Waals surface area contributed by atoms with E-state index in [2.05, 4.69) is 34.8 Å². The number of aromatic amines is 1. The molecule has 1 aliphatic rings. The number of hydrogen-bond acceptors (Lipinski definition) is 6. The summed E-state index contributed by atoms with van der Waals surface area (Å²) in [6.45, 7) is 6.18. The number of amides is 2. The number of fused-ring (bicyclic) bond motifs is 1. The molecule has 0 spiro atoms. The van der Waals surface area contributed by atoms with Crippen LogP contribution in [0, 0.1) is 0 Å². The summed E-state index contributed by atoms with van der Waals surface area (Å²) in [6.07, 6.45) is 3.60. The van der Waals surface area contributed by atoms with E-state index in [1.54, 1.807) is 35.6 Å². The molecule has 1 aliphatic heterocycles. The predicted octanol–water partition coefficient (Wildman–Crippen LogP) is 5.88. The second-order valence-electron chi connectivity index (χ2n) is 10.2. The molecule has 1 atom stereocenters. The van der Waals surface area contributed by atoms with Crippen LogP contribution in [0.4, 0.5) is 5.13 Å². The summed E-state index contributed by atoms with van der Waals surface area (Å²) in [5, 5.41) is 10.0. The number of anilines is 1. The molecule has 5 rings (SSSR count). The fourth-order valence-corrected chi connectivity index (χ4v) is 5.84. The van der Waals surface area contributed by atoms with Crippen LogP contribution < -0.4 is 10.6 Å². The van der Waals surface area contributed by atoms with Gasteiger partial charge in [-0.05, 0) is 82.0 Å². The summed E-state index contributed by atoms with van der Waals surface area (Å²) in [5.41, 5.74) is 3.84. The van der Waals surface area contributed by atoms with Gasteiger partial charge in [0.25, 0.3) is 11.8 Å². The fourth-order valence-electron chi connectivity index (χ4n) is 4.77. The molecule has 2 aromatic heterocycles. The number of nitrogens with one attached hydrogen (secondary N) is 3. The Morgan fingerprint density at radius 3 is 2.56 bits per heavy atom. The second-order valence-corrected chi connectivity index (χ2v) is 11.5. The molecular weight excluding hydrogens is 532 g/mol. The molecule has 2 amide bonds. The van der Waals surface area contributed by atoms with Crippen LogP contribution >= 0.6 is 22.9 Å². The van der Waals surface area contributed by atoms with Crippen molar-refractivity contribution in [2.24, 2.45) is 0 Å². The van der Waals surface area contributed by atoms with E-state index in [0.29, 0.717) is 28.7 Å². The van der Waals surface area contributed by atoms with Crippen molar-refractivity contribution in [2.75, 3.05) is 25.0 Å². The highest BCUT2D eigenvalue weighted by molar-refractivity contribution is 7.13. The van der Waals surface area contributed by atoms with Crippen molar-refractivity contribution in [3.05, 3.63) is 75.5 Å². The van der Waals surface area contributed by atoms with Crippen molar-refractivity contribution >= 4 is 50.9 Å². The van der Waals surface area contributed by atoms with Gasteiger partial charge in [0.15, 0.2) is 5.13 Å². The van der Waals surface area contributed by atoms with Gasteiger partial charge in [0.1, 0.15) is 5.82 Å². The number of aromatic nitrogens is 3. The Morgan fingerprint density at radius 2 is 1.82 bits per heavy atom. The Labute approximate surface area is 237 Å². The third-order valence-electron chi connectivity index (χ3n) is 6.86. The summed E-state index contributed by atoms with van der Waals surface area (Å²) < 4.78 is 0. The summed E-state index contributed by atoms with van der Waals surface area (Å²) in [4.78, 5) is 40.4. The molecule has 39 heavy (non-hydrogen) atoms. The summed E-state index contributed by atoms with van der Waals surface area (Å²) >= 11 is 7.78. The van der Waals surface area contributed by atoms with Gasteiger partial charge in [-0.25, -0.2) is 9.97 Å². The van der Waals surface area contributed by atoms with Gasteiger partial charge in [-0.1, -0.05) is 11.6 Å². The second kappa shape index (κ2) is 12.2. The third kappa shape index (κ3) is 6.78. The molecule has 3 N–H and O–H groups in total. The molecule has 8 nitrogen and oxygen atoms in total. The van der Waals surface area contributed by atoms with Gasteiger partial charge >= 0.3 is 0 Å². The van der Waals surface area contributed by atoms with Crippen LogP contribution in [0.3, 0.4) is 0 Å². The Balaban J connectivity index is 1.27. The Hall–Kier alpha value is -3.43. The average molecular weight is 565 g/mol. The van der Waals surface area contributed by atoms with Gasteiger partial charge < -0.3 is 20.5 Å². The minimum absolute atomic E-state index is 0.0262. The molecule has 204 valence electrons. The van der Waals surface area contributed by atoms with E-state index in [0.717, 1.165) is 66.5 Å². The molecule has 0 bridgehead atoms. The molecule has 3 heterocycles. The zero-order chi connectivity index (χ0) is 27.4. The van der Waals surface area contributed by atoms with E-state index in [4.69, 9.17) is 21.6 Å². The topological polar surface area (TPSA) is 103 Å². The number of aryl methyl sites for hydroxylation is 1. The highest BCUT2D eigenvalue weighted by atomic mass is 35.5. The molecule has 4 aromatic rings. The number of halogens is 1. The standard InChI is InChI=1S/C29H33ClN6O2S/c1-18(2)32-29-33-23(17-39-29)11-9-21(26-34-24-12-10-22(30)15-25(24)35-26)16-31-27(37)19-5-7-20(8-6-19)28(38)36-13-3-4-14-36/h5-8,10,12,15,17-18,21H,3-4,9,11,13-14,16H2,1-2H3,(H,31,37)(H,32,33)(H,34,35)/t21-/m0/s1. The summed E-state index contributed by atoms with van der Waals surface area (Å²) in [6, 6.07) is 12.8. The first-order chi connectivity index (χ1) is 18.9. The molecule has 0 radical (unpaired) electrons. The lowest BCUT2D eigenvalue weighted by Crippen LogP contribution is -2.29. The monoisotopic (exact) mass is 564 g/mol. The molecule has 0 aliphatic carbocycles. The molecule has 1 saturated heterocycles. The van der Waals surface area contributed by atoms with Gasteiger partial charge in [0.2, 0.25) is 0 Å². The first-order valence-corrected chi connectivity index (χ1v) is 14.6. The van der Waals surface area contributed by atoms with E-state index in [9.17, 15) is 9.59 Å². The quantitative estimate of drug-likeness (QED) is 0.223. The van der Waals surface area contributed by atoms with Crippen molar-refractivity contribution in [3.8, 4) is 0 Å². The van der Waals surface area contributed by atoms with Crippen LogP contribution in [-0.2, 0) is 6.42 Å². The predicted molar refractivity (Wildman–Crippen MR) is 157 cm³/mol. The van der Waals surface area contributed by atoms with E-state index in [-0.39, 0.29) is 17.7 Å². The highest BCUT2D eigenvalue weighted by Crippen LogP contribution is 2.25. The molecular formula is C29H33ClN6O2S. The largest absolute Gasteiger partial charge is 0.359 e. The normalized spacial score (nSPS) is 14.2. The lowest BCUT2D eigenvalue weighted by atomic mass is 10.0. The number of carbonyl (C=O) groups is 2. The number of thiazole rings is 1. The number of benzene rings is 2. The van der Waals surface area contributed by atoms with Crippen molar-refractivity contribution in [2.45, 2.75) is 51.5 Å². The molecule has 0 unspecified atom stereocenters. The van der Waals surface area contributed by atoms with Crippen LogP contribution in [0.1, 0.15) is 71.3 Å². The lowest BCUT2D eigenvalue weighted by Gasteiger charge is -2.16. The van der Waals surface area contributed by atoms with Crippen LogP contribution in [0.25, 0.3) is 11.0 Å². The van der Waals surface area contributed by atoms with Gasteiger partial charge in [0, 0.05) is 53.1 Å². The van der Waals surface area contributed by atoms with Gasteiger partial charge in [0.05, 0.1) is 16.7 Å². The Bertz CT molecular complexity index is 1440. The number of imidazole rings is 1. The van der Waals surface area contributed by atoms with Crippen molar-refractivity contribution in [3.63, 3.8) is 0 Å². The Kier molecular flexibility index (Phi) is 8.47. The molecule has 10 heteroatoms. The number of carbonyl (C=O) groups excluding carboxylic acids is 2. The number of H-pyrrole nitrogens is 1. The zero-order valence-corrected chi connectivity index (χ0v) is 23.7. The van der Waals surface area contributed by atoms with Crippen molar-refractivity contribution < 1.29 is 9.59 Å². The number of likely N-dealkylation sites (tertiary alicyclic amines) is 1. The zero-order valence-electron chi connectivity index (χ0n) is 22.2. The third-order valence-corrected chi connectivity index (χ3v) is 7.92. The number of hydrogen-bond donors (Lipinski definition) is 3. The van der Waals surface area contributed by atoms with E-state index < -0.39 is 0 Å². The van der Waals surface area contributed by atoms with E-state index in [1.807, 2.05) is 23.1 Å². The maximum atomic E-state index is 13.0. The van der Waals surface area contributed by atoms with Crippen LogP contribution in [0.15, 0.2) is 47.8 Å². The smallest absolute Gasteiger partial charge is 0.253 e. The van der Waals surface area contributed by atoms with E-state index >= 15 is 0 Å². The molecule has 1 fully saturated rings. The van der Waals surface area contributed by atoms with Crippen LogP contribution in [0.5, 0.6) is 0 Å². The van der Waals surface area contributed by atoms with Crippen LogP contribution in [-0.4, -0.2) is 57.3 Å². The minimum Gasteiger partial charge on any atom is -0.359 e. The van der Waals surface area contributed by atoms with Gasteiger partial charge in [-0.2, -0.15) is 0 Å². The first kappa shape index (κ1) is 27.1. The van der Waals surface area contributed by atoms with E-state index in [1.165, 1.54) is 0 Å². The van der Waals surface area contributed by atoms with Crippen LogP contribution in [0.2, 0.25) is 5.02 Å². The van der Waals surface area contributed by atoms with Gasteiger partial charge in [-0.3, -0.25) is 9.59 Å². The molecule has 2 aromatic carbocycles. The fraction of sp³-hybridized carbons (Fsp3) is 0.379. The summed E-state index contributed by atoms with van der Waals surface area (Å²) in [7, 11) is 0. The maximum Gasteiger partial charge on any atom is 0.253 e. The lowest BCUT2D eigenvalue weighted by molar-refractivity contribution is 0.0792. The average Bonchev–Trinajstić information content (AvgIpc) is 3.69. The summed E-state index contributed by atoms with van der Waals surface area (Å²) in [5.74, 6) is 0.587. The number of rotatable bonds is 10. The van der Waals surface area contributed by atoms with Crippen molar-refractivity contribution in [1.82, 2.24) is 25.2 Å².